The van der Waals surface area contributed by atoms with Gasteiger partial charge in [0.1, 0.15) is 5.82 Å². The smallest absolute Gasteiger partial charge is 0.255 e. The predicted octanol–water partition coefficient (Wildman–Crippen LogP) is 2.94. The molecule has 98 valence electrons. The molecule has 4 heteroatoms. The van der Waals surface area contributed by atoms with E-state index in [0.29, 0.717) is 11.4 Å². The monoisotopic (exact) mass is 255 g/mol. The number of hydrogen-bond acceptors (Lipinski definition) is 3. The van der Waals surface area contributed by atoms with Crippen molar-refractivity contribution in [3.63, 3.8) is 0 Å². The first kappa shape index (κ1) is 13.1. The Labute approximate surface area is 112 Å². The van der Waals surface area contributed by atoms with E-state index in [1.165, 1.54) is 0 Å². The lowest BCUT2D eigenvalue weighted by Gasteiger charge is -2.08. The van der Waals surface area contributed by atoms with Crippen LogP contribution in [0, 0.1) is 0 Å². The van der Waals surface area contributed by atoms with E-state index in [-0.39, 0.29) is 5.91 Å². The molecule has 0 bridgehead atoms. The van der Waals surface area contributed by atoms with Crippen LogP contribution >= 0.6 is 0 Å². The van der Waals surface area contributed by atoms with E-state index in [1.807, 2.05) is 43.3 Å². The van der Waals surface area contributed by atoms with Crippen molar-refractivity contribution in [1.29, 1.82) is 0 Å². The summed E-state index contributed by atoms with van der Waals surface area (Å²) in [4.78, 5) is 16.6. The van der Waals surface area contributed by atoms with Crippen molar-refractivity contribution in [2.45, 2.75) is 13.3 Å². The molecule has 0 atom stereocenters. The van der Waals surface area contributed by atoms with Gasteiger partial charge in [-0.05, 0) is 30.7 Å². The van der Waals surface area contributed by atoms with Crippen LogP contribution in [0.2, 0.25) is 0 Å². The van der Waals surface area contributed by atoms with Crippen molar-refractivity contribution in [3.8, 4) is 0 Å². The molecule has 2 N–H and O–H groups in total. The minimum Gasteiger partial charge on any atom is -0.373 e. The summed E-state index contributed by atoms with van der Waals surface area (Å²) in [5, 5.41) is 5.84. The number of nitrogens with zero attached hydrogens (tertiary/aromatic N) is 1. The highest BCUT2D eigenvalue weighted by Gasteiger charge is 2.09. The zero-order valence-corrected chi connectivity index (χ0v) is 11.1. The van der Waals surface area contributed by atoms with Gasteiger partial charge in [-0.25, -0.2) is 4.98 Å². The quantitative estimate of drug-likeness (QED) is 0.883. The average molecular weight is 255 g/mol. The molecule has 0 unspecified atom stereocenters. The molecular weight excluding hydrogens is 238 g/mol. The maximum atomic E-state index is 12.2. The maximum absolute atomic E-state index is 12.2. The lowest BCUT2D eigenvalue weighted by atomic mass is 10.1. The Kier molecular flexibility index (Phi) is 4.13. The third-order valence-electron chi connectivity index (χ3n) is 2.79. The van der Waals surface area contributed by atoms with E-state index in [9.17, 15) is 4.79 Å². The first-order valence-corrected chi connectivity index (χ1v) is 6.28. The van der Waals surface area contributed by atoms with Gasteiger partial charge in [0.05, 0.1) is 0 Å². The maximum Gasteiger partial charge on any atom is 0.255 e. The number of carbonyl (C=O) groups is 1. The number of pyridine rings is 1. The van der Waals surface area contributed by atoms with Gasteiger partial charge in [0.25, 0.3) is 5.91 Å². The Morgan fingerprint density at radius 2 is 1.95 bits per heavy atom. The first-order valence-electron chi connectivity index (χ1n) is 6.28. The molecule has 0 saturated carbocycles. The van der Waals surface area contributed by atoms with Crippen LogP contribution in [0.3, 0.4) is 0 Å². The van der Waals surface area contributed by atoms with Gasteiger partial charge in [-0.2, -0.15) is 0 Å². The van der Waals surface area contributed by atoms with Gasteiger partial charge in [-0.3, -0.25) is 4.79 Å². The molecule has 1 amide bonds. The largest absolute Gasteiger partial charge is 0.373 e. The van der Waals surface area contributed by atoms with E-state index in [1.54, 1.807) is 13.1 Å². The Hall–Kier alpha value is -2.36. The summed E-state index contributed by atoms with van der Waals surface area (Å²) in [5.74, 6) is 0.581. The Balaban J connectivity index is 2.23. The fourth-order valence-corrected chi connectivity index (χ4v) is 1.75. The van der Waals surface area contributed by atoms with Crippen LogP contribution in [0.25, 0.3) is 0 Å². The summed E-state index contributed by atoms with van der Waals surface area (Å²) in [6.07, 6.45) is 0.793. The van der Waals surface area contributed by atoms with Crippen molar-refractivity contribution in [2.24, 2.45) is 0 Å². The normalized spacial score (nSPS) is 10.0. The Morgan fingerprint density at radius 1 is 1.21 bits per heavy atom. The van der Waals surface area contributed by atoms with E-state index in [0.717, 1.165) is 17.8 Å². The molecule has 0 aliphatic heterocycles. The summed E-state index contributed by atoms with van der Waals surface area (Å²) >= 11 is 0. The first-order chi connectivity index (χ1) is 9.22. The number of rotatable bonds is 4. The fraction of sp³-hybridized carbons (Fsp3) is 0.200. The predicted molar refractivity (Wildman–Crippen MR) is 77.6 cm³/mol. The molecule has 1 aromatic carbocycles. The van der Waals surface area contributed by atoms with Gasteiger partial charge >= 0.3 is 0 Å². The Morgan fingerprint density at radius 3 is 2.58 bits per heavy atom. The molecule has 19 heavy (non-hydrogen) atoms. The fourth-order valence-electron chi connectivity index (χ4n) is 1.75. The molecule has 1 heterocycles. The highest BCUT2D eigenvalue weighted by Crippen LogP contribution is 2.13. The highest BCUT2D eigenvalue weighted by molar-refractivity contribution is 6.04. The lowest BCUT2D eigenvalue weighted by molar-refractivity contribution is 0.102. The van der Waals surface area contributed by atoms with Crippen LogP contribution in [0.5, 0.6) is 0 Å². The SMILES string of the molecule is CCc1cc(C(=O)Nc2ccccc2)cc(NC)n1. The second-order valence-corrected chi connectivity index (χ2v) is 4.16. The summed E-state index contributed by atoms with van der Waals surface area (Å²) < 4.78 is 0. The van der Waals surface area contributed by atoms with Gasteiger partial charge in [0.2, 0.25) is 0 Å². The van der Waals surface area contributed by atoms with Gasteiger partial charge in [0.15, 0.2) is 0 Å². The number of aromatic nitrogens is 1. The number of hydrogen-bond donors (Lipinski definition) is 2. The molecule has 4 nitrogen and oxygen atoms in total. The molecule has 2 rings (SSSR count). The van der Waals surface area contributed by atoms with Crippen LogP contribution < -0.4 is 10.6 Å². The van der Waals surface area contributed by atoms with E-state index in [4.69, 9.17) is 0 Å². The van der Waals surface area contributed by atoms with Crippen LogP contribution in [-0.4, -0.2) is 17.9 Å². The molecule has 0 saturated heterocycles. The van der Waals surface area contributed by atoms with Crippen LogP contribution in [0.1, 0.15) is 23.0 Å². The third kappa shape index (κ3) is 3.31. The summed E-state index contributed by atoms with van der Waals surface area (Å²) in [7, 11) is 1.79. The standard InChI is InChI=1S/C15H17N3O/c1-3-12-9-11(10-14(16-2)17-12)15(19)18-13-7-5-4-6-8-13/h4-10H,3H2,1-2H3,(H,16,17)(H,18,19). The molecule has 0 fully saturated rings. The van der Waals surface area contributed by atoms with Gasteiger partial charge < -0.3 is 10.6 Å². The van der Waals surface area contributed by atoms with Gasteiger partial charge in [-0.15, -0.1) is 0 Å². The molecule has 0 spiro atoms. The minimum atomic E-state index is -0.125. The van der Waals surface area contributed by atoms with E-state index < -0.39 is 0 Å². The number of amides is 1. The number of nitrogens with one attached hydrogen (secondary N) is 2. The number of para-hydroxylation sites is 1. The molecule has 0 radical (unpaired) electrons. The average Bonchev–Trinajstić information content (AvgIpc) is 2.47. The van der Waals surface area contributed by atoms with Crippen molar-refractivity contribution in [3.05, 3.63) is 53.7 Å². The van der Waals surface area contributed by atoms with E-state index >= 15 is 0 Å². The molecule has 1 aromatic heterocycles. The number of aryl methyl sites for hydroxylation is 1. The summed E-state index contributed by atoms with van der Waals surface area (Å²) in [6.45, 7) is 2.01. The third-order valence-corrected chi connectivity index (χ3v) is 2.79. The van der Waals surface area contributed by atoms with Crippen LogP contribution in [-0.2, 0) is 6.42 Å². The van der Waals surface area contributed by atoms with Crippen molar-refractivity contribution in [2.75, 3.05) is 17.7 Å². The minimum absolute atomic E-state index is 0.125. The lowest BCUT2D eigenvalue weighted by Crippen LogP contribution is -2.13. The molecule has 0 aliphatic carbocycles. The van der Waals surface area contributed by atoms with Gasteiger partial charge in [-0.1, -0.05) is 25.1 Å². The van der Waals surface area contributed by atoms with E-state index in [2.05, 4.69) is 15.6 Å². The second kappa shape index (κ2) is 6.00. The second-order valence-electron chi connectivity index (χ2n) is 4.16. The van der Waals surface area contributed by atoms with Crippen LogP contribution in [0.4, 0.5) is 11.5 Å². The zero-order valence-electron chi connectivity index (χ0n) is 11.1. The molecular formula is C15H17N3O. The van der Waals surface area contributed by atoms with Crippen LogP contribution in [0.15, 0.2) is 42.5 Å². The highest BCUT2D eigenvalue weighted by atomic mass is 16.1. The van der Waals surface area contributed by atoms with Crippen molar-refractivity contribution in [1.82, 2.24) is 4.98 Å². The summed E-state index contributed by atoms with van der Waals surface area (Å²) in [5.41, 5.74) is 2.29. The number of benzene rings is 1. The molecule has 0 aliphatic rings. The number of carbonyl (C=O) groups excluding carboxylic acids is 1. The Bertz CT molecular complexity index is 545. The van der Waals surface area contributed by atoms with Crippen molar-refractivity contribution < 1.29 is 4.79 Å². The molecule has 2 aromatic rings. The zero-order chi connectivity index (χ0) is 13.7. The number of anilines is 2. The van der Waals surface area contributed by atoms with Crippen molar-refractivity contribution >= 4 is 17.4 Å². The van der Waals surface area contributed by atoms with Gasteiger partial charge in [0, 0.05) is 24.0 Å². The topological polar surface area (TPSA) is 54.0 Å². The summed E-state index contributed by atoms with van der Waals surface area (Å²) in [6, 6.07) is 13.0.